The highest BCUT2D eigenvalue weighted by molar-refractivity contribution is 5.94. The summed E-state index contributed by atoms with van der Waals surface area (Å²) < 4.78 is 4.91. The lowest BCUT2D eigenvalue weighted by atomic mass is 10.0. The maximum atomic E-state index is 11.8. The van der Waals surface area contributed by atoms with Gasteiger partial charge in [-0.3, -0.25) is 9.69 Å². The van der Waals surface area contributed by atoms with Crippen LogP contribution in [0.25, 0.3) is 6.08 Å². The van der Waals surface area contributed by atoms with E-state index in [1.165, 1.54) is 6.08 Å². The predicted molar refractivity (Wildman–Crippen MR) is 119 cm³/mol. The highest BCUT2D eigenvalue weighted by atomic mass is 16.5. The first-order chi connectivity index (χ1) is 15.0. The second-order valence-corrected chi connectivity index (χ2v) is 7.31. The van der Waals surface area contributed by atoms with Gasteiger partial charge in [-0.15, -0.1) is 0 Å². The van der Waals surface area contributed by atoms with Crippen LogP contribution in [0, 0.1) is 11.3 Å². The highest BCUT2D eigenvalue weighted by Gasteiger charge is 2.19. The summed E-state index contributed by atoms with van der Waals surface area (Å²) in [5, 5.41) is 9.34. The zero-order valence-electron chi connectivity index (χ0n) is 17.6. The normalized spacial score (nSPS) is 14.4. The fourth-order valence-corrected chi connectivity index (χ4v) is 3.65. The Kier molecular flexibility index (Phi) is 7.41. The Morgan fingerprint density at radius 2 is 1.90 bits per heavy atom. The van der Waals surface area contributed by atoms with Gasteiger partial charge >= 0.3 is 5.97 Å². The lowest BCUT2D eigenvalue weighted by molar-refractivity contribution is -0.137. The molecule has 1 saturated heterocycles. The number of esters is 1. The lowest BCUT2D eigenvalue weighted by Gasteiger charge is -2.36. The number of carbonyl (C=O) groups excluding carboxylic acids is 2. The van der Waals surface area contributed by atoms with E-state index in [1.54, 1.807) is 25.1 Å². The van der Waals surface area contributed by atoms with Gasteiger partial charge in [0.25, 0.3) is 0 Å². The number of carbonyl (C=O) groups is 2. The van der Waals surface area contributed by atoms with Gasteiger partial charge in [0.05, 0.1) is 17.9 Å². The molecule has 0 bridgehead atoms. The second-order valence-electron chi connectivity index (χ2n) is 7.31. The fourth-order valence-electron chi connectivity index (χ4n) is 3.65. The van der Waals surface area contributed by atoms with Crippen molar-refractivity contribution in [2.24, 2.45) is 5.73 Å². The SMILES string of the molecule is CCOC(=O)C=Cc1cc(CN2CCN(c3ccccc3C#N)CC2)cc(C(N)=O)c1. The van der Waals surface area contributed by atoms with Crippen molar-refractivity contribution in [2.75, 3.05) is 37.7 Å². The maximum absolute atomic E-state index is 11.8. The van der Waals surface area contributed by atoms with Gasteiger partial charge in [-0.1, -0.05) is 18.2 Å². The number of anilines is 1. The van der Waals surface area contributed by atoms with Crippen LogP contribution in [-0.2, 0) is 16.1 Å². The van der Waals surface area contributed by atoms with Crippen LogP contribution in [0.4, 0.5) is 5.69 Å². The van der Waals surface area contributed by atoms with Crippen molar-refractivity contribution in [3.63, 3.8) is 0 Å². The topological polar surface area (TPSA) is 99.7 Å². The fraction of sp³-hybridized carbons (Fsp3) is 0.292. The van der Waals surface area contributed by atoms with E-state index in [9.17, 15) is 14.9 Å². The monoisotopic (exact) mass is 418 g/mol. The van der Waals surface area contributed by atoms with Crippen LogP contribution in [-0.4, -0.2) is 49.6 Å². The van der Waals surface area contributed by atoms with E-state index in [-0.39, 0.29) is 0 Å². The molecular formula is C24H26N4O3. The minimum Gasteiger partial charge on any atom is -0.463 e. The van der Waals surface area contributed by atoms with Crippen LogP contribution in [0.3, 0.4) is 0 Å². The van der Waals surface area contributed by atoms with Gasteiger partial charge in [0.15, 0.2) is 0 Å². The maximum Gasteiger partial charge on any atom is 0.330 e. The molecule has 3 rings (SSSR count). The quantitative estimate of drug-likeness (QED) is 0.548. The van der Waals surface area contributed by atoms with E-state index in [2.05, 4.69) is 15.9 Å². The molecule has 0 unspecified atom stereocenters. The van der Waals surface area contributed by atoms with Crippen molar-refractivity contribution < 1.29 is 14.3 Å². The third kappa shape index (κ3) is 5.93. The van der Waals surface area contributed by atoms with E-state index < -0.39 is 11.9 Å². The van der Waals surface area contributed by atoms with E-state index in [4.69, 9.17) is 10.5 Å². The predicted octanol–water partition coefficient (Wildman–Crippen LogP) is 2.56. The second kappa shape index (κ2) is 10.4. The first-order valence-electron chi connectivity index (χ1n) is 10.2. The minimum atomic E-state index is -0.509. The molecular weight excluding hydrogens is 392 g/mol. The standard InChI is InChI=1S/C24H26N4O3/c1-2-31-23(29)8-7-18-13-19(15-21(14-18)24(26)30)17-27-9-11-28(12-10-27)22-6-4-3-5-20(22)16-25/h3-8,13-15H,2,9-12,17H2,1H3,(H2,26,30). The van der Waals surface area contributed by atoms with Gasteiger partial charge < -0.3 is 15.4 Å². The van der Waals surface area contributed by atoms with Gasteiger partial charge in [-0.05, 0) is 48.4 Å². The highest BCUT2D eigenvalue weighted by Crippen LogP contribution is 2.22. The molecule has 1 fully saturated rings. The molecule has 0 aromatic heterocycles. The van der Waals surface area contributed by atoms with Gasteiger partial charge in [0.1, 0.15) is 6.07 Å². The first kappa shape index (κ1) is 22.1. The number of benzene rings is 2. The van der Waals surface area contributed by atoms with Crippen molar-refractivity contribution in [1.82, 2.24) is 4.90 Å². The molecule has 1 aliphatic heterocycles. The molecule has 0 aliphatic carbocycles. The van der Waals surface area contributed by atoms with Gasteiger partial charge in [-0.25, -0.2) is 4.79 Å². The minimum absolute atomic E-state index is 0.306. The molecule has 1 aliphatic rings. The van der Waals surface area contributed by atoms with E-state index in [1.807, 2.05) is 30.3 Å². The molecule has 2 aromatic rings. The number of para-hydroxylation sites is 1. The molecule has 0 saturated carbocycles. The summed E-state index contributed by atoms with van der Waals surface area (Å²) in [4.78, 5) is 27.9. The number of hydrogen-bond acceptors (Lipinski definition) is 6. The molecule has 7 nitrogen and oxygen atoms in total. The Morgan fingerprint density at radius 1 is 1.16 bits per heavy atom. The molecule has 2 aromatic carbocycles. The Balaban J connectivity index is 1.69. The summed E-state index contributed by atoms with van der Waals surface area (Å²) in [5.41, 5.74) is 9.22. The van der Waals surface area contributed by atoms with Crippen LogP contribution in [0.15, 0.2) is 48.5 Å². The largest absolute Gasteiger partial charge is 0.463 e. The van der Waals surface area contributed by atoms with Crippen LogP contribution in [0.2, 0.25) is 0 Å². The number of nitrogens with two attached hydrogens (primary N) is 1. The lowest BCUT2D eigenvalue weighted by Crippen LogP contribution is -2.46. The molecule has 0 atom stereocenters. The summed E-state index contributed by atoms with van der Waals surface area (Å²) >= 11 is 0. The zero-order valence-corrected chi connectivity index (χ0v) is 17.6. The number of ether oxygens (including phenoxy) is 1. The zero-order chi connectivity index (χ0) is 22.2. The van der Waals surface area contributed by atoms with Gasteiger partial charge in [0.2, 0.25) is 5.91 Å². The number of nitriles is 1. The van der Waals surface area contributed by atoms with E-state index >= 15 is 0 Å². The molecule has 2 N–H and O–H groups in total. The van der Waals surface area contributed by atoms with Crippen molar-refractivity contribution in [1.29, 1.82) is 5.26 Å². The summed E-state index contributed by atoms with van der Waals surface area (Å²) in [5.74, 6) is -0.937. The van der Waals surface area contributed by atoms with E-state index in [0.717, 1.165) is 43.0 Å². The smallest absolute Gasteiger partial charge is 0.330 e. The molecule has 1 amide bonds. The number of primary amides is 1. The number of hydrogen-bond donors (Lipinski definition) is 1. The Labute approximate surface area is 182 Å². The molecule has 0 radical (unpaired) electrons. The van der Waals surface area contributed by atoms with E-state index in [0.29, 0.717) is 24.3 Å². The Bertz CT molecular complexity index is 1020. The van der Waals surface area contributed by atoms with Crippen molar-refractivity contribution in [3.05, 3.63) is 70.8 Å². The molecule has 31 heavy (non-hydrogen) atoms. The van der Waals surface area contributed by atoms with Crippen LogP contribution in [0.5, 0.6) is 0 Å². The van der Waals surface area contributed by atoms with Crippen molar-refractivity contribution in [2.45, 2.75) is 13.5 Å². The number of rotatable bonds is 7. The first-order valence-corrected chi connectivity index (χ1v) is 10.2. The summed E-state index contributed by atoms with van der Waals surface area (Å²) in [6, 6.07) is 15.3. The average molecular weight is 418 g/mol. The number of nitrogens with zero attached hydrogens (tertiary/aromatic N) is 3. The van der Waals surface area contributed by atoms with Gasteiger partial charge in [0, 0.05) is 44.4 Å². The summed E-state index contributed by atoms with van der Waals surface area (Å²) in [6.07, 6.45) is 2.98. The Hall–Kier alpha value is -3.63. The third-order valence-electron chi connectivity index (χ3n) is 5.14. The molecule has 160 valence electrons. The molecule has 0 spiro atoms. The average Bonchev–Trinajstić information content (AvgIpc) is 2.78. The van der Waals surface area contributed by atoms with Gasteiger partial charge in [-0.2, -0.15) is 5.26 Å². The van der Waals surface area contributed by atoms with Crippen molar-refractivity contribution >= 4 is 23.6 Å². The van der Waals surface area contributed by atoms with Crippen LogP contribution in [0.1, 0.15) is 34.0 Å². The Morgan fingerprint density at radius 3 is 2.58 bits per heavy atom. The molecule has 7 heteroatoms. The van der Waals surface area contributed by atoms with Crippen LogP contribution < -0.4 is 10.6 Å². The number of piperazine rings is 1. The summed E-state index contributed by atoms with van der Waals surface area (Å²) in [7, 11) is 0. The number of amides is 1. The summed E-state index contributed by atoms with van der Waals surface area (Å²) in [6.45, 7) is 5.99. The molecule has 1 heterocycles. The van der Waals surface area contributed by atoms with Crippen molar-refractivity contribution in [3.8, 4) is 6.07 Å². The van der Waals surface area contributed by atoms with Crippen LogP contribution >= 0.6 is 0 Å². The third-order valence-corrected chi connectivity index (χ3v) is 5.14.